The average molecular weight is 368 g/mol. The van der Waals surface area contributed by atoms with Gasteiger partial charge in [-0.25, -0.2) is 4.31 Å². The van der Waals surface area contributed by atoms with Crippen LogP contribution in [-0.2, 0) is 15.0 Å². The van der Waals surface area contributed by atoms with Crippen molar-refractivity contribution in [2.45, 2.75) is 51.0 Å². The van der Waals surface area contributed by atoms with E-state index < -0.39 is 10.2 Å². The normalized spacial score (nSPS) is 16.9. The lowest BCUT2D eigenvalue weighted by molar-refractivity contribution is -0.120. The van der Waals surface area contributed by atoms with Gasteiger partial charge in [0.1, 0.15) is 6.54 Å². The number of anilines is 1. The zero-order valence-electron chi connectivity index (χ0n) is 15.1. The van der Waals surface area contributed by atoms with Crippen molar-refractivity contribution in [1.29, 1.82) is 0 Å². The molecule has 1 amide bonds. The van der Waals surface area contributed by atoms with Crippen LogP contribution in [0.1, 0.15) is 44.9 Å². The second kappa shape index (κ2) is 9.20. The van der Waals surface area contributed by atoms with Crippen LogP contribution in [0.3, 0.4) is 0 Å². The van der Waals surface area contributed by atoms with Gasteiger partial charge in [0.25, 0.3) is 0 Å². The Balaban J connectivity index is 2.09. The van der Waals surface area contributed by atoms with E-state index in [1.807, 2.05) is 6.07 Å². The van der Waals surface area contributed by atoms with E-state index in [1.54, 1.807) is 24.3 Å². The first-order valence-electron chi connectivity index (χ1n) is 8.96. The highest BCUT2D eigenvalue weighted by Gasteiger charge is 2.27. The van der Waals surface area contributed by atoms with E-state index in [9.17, 15) is 13.2 Å². The molecule has 7 heteroatoms. The molecule has 140 valence electrons. The van der Waals surface area contributed by atoms with Crippen LogP contribution in [0.25, 0.3) is 0 Å². The van der Waals surface area contributed by atoms with Crippen LogP contribution in [0, 0.1) is 0 Å². The zero-order valence-corrected chi connectivity index (χ0v) is 16.0. The van der Waals surface area contributed by atoms with Crippen LogP contribution < -0.4 is 9.62 Å². The SMILES string of the molecule is CN(C)S(=O)(=O)N(CC(=O)NC1CCCCCCC1)c1ccccc1. The van der Waals surface area contributed by atoms with Gasteiger partial charge in [-0.15, -0.1) is 0 Å². The van der Waals surface area contributed by atoms with Crippen molar-refractivity contribution in [3.8, 4) is 0 Å². The van der Waals surface area contributed by atoms with Gasteiger partial charge >= 0.3 is 10.2 Å². The van der Waals surface area contributed by atoms with Gasteiger partial charge in [-0.1, -0.05) is 50.3 Å². The molecule has 0 aromatic heterocycles. The number of carbonyl (C=O) groups excluding carboxylic acids is 1. The Morgan fingerprint density at radius 3 is 2.16 bits per heavy atom. The quantitative estimate of drug-likeness (QED) is 0.840. The fourth-order valence-corrected chi connectivity index (χ4v) is 4.16. The van der Waals surface area contributed by atoms with Crippen molar-refractivity contribution >= 4 is 21.8 Å². The molecular formula is C18H29N3O3S. The van der Waals surface area contributed by atoms with Crippen LogP contribution >= 0.6 is 0 Å². The van der Waals surface area contributed by atoms with Gasteiger partial charge in [-0.2, -0.15) is 12.7 Å². The molecule has 1 aliphatic rings. The lowest BCUT2D eigenvalue weighted by atomic mass is 9.97. The minimum absolute atomic E-state index is 0.146. The first kappa shape index (κ1) is 19.7. The molecule has 0 spiro atoms. The van der Waals surface area contributed by atoms with Crippen LogP contribution in [0.4, 0.5) is 5.69 Å². The number of nitrogens with one attached hydrogen (secondary N) is 1. The third-order valence-electron chi connectivity index (χ3n) is 4.54. The van der Waals surface area contributed by atoms with Crippen molar-refractivity contribution in [3.05, 3.63) is 30.3 Å². The predicted octanol–water partition coefficient (Wildman–Crippen LogP) is 2.53. The van der Waals surface area contributed by atoms with E-state index in [0.29, 0.717) is 5.69 Å². The summed E-state index contributed by atoms with van der Waals surface area (Å²) >= 11 is 0. The van der Waals surface area contributed by atoms with Gasteiger partial charge in [0.15, 0.2) is 0 Å². The second-order valence-electron chi connectivity index (χ2n) is 6.74. The summed E-state index contributed by atoms with van der Waals surface area (Å²) in [5.74, 6) is -0.250. The third-order valence-corrected chi connectivity index (χ3v) is 6.36. The number of nitrogens with zero attached hydrogens (tertiary/aromatic N) is 2. The largest absolute Gasteiger partial charge is 0.352 e. The number of hydrogen-bond acceptors (Lipinski definition) is 3. The summed E-state index contributed by atoms with van der Waals surface area (Å²) in [6.45, 7) is -0.207. The Hall–Kier alpha value is -1.60. The molecule has 0 unspecified atom stereocenters. The van der Waals surface area contributed by atoms with E-state index in [1.165, 1.54) is 33.4 Å². The first-order valence-corrected chi connectivity index (χ1v) is 10.4. The van der Waals surface area contributed by atoms with Crippen LogP contribution in [0.5, 0.6) is 0 Å². The highest BCUT2D eigenvalue weighted by molar-refractivity contribution is 7.90. The third kappa shape index (κ3) is 5.71. The van der Waals surface area contributed by atoms with E-state index in [4.69, 9.17) is 0 Å². The number of hydrogen-bond donors (Lipinski definition) is 1. The lowest BCUT2D eigenvalue weighted by Gasteiger charge is -2.28. The van der Waals surface area contributed by atoms with Crippen molar-refractivity contribution in [3.63, 3.8) is 0 Å². The van der Waals surface area contributed by atoms with E-state index in [-0.39, 0.29) is 18.5 Å². The average Bonchev–Trinajstić information content (AvgIpc) is 2.55. The molecule has 0 heterocycles. The molecule has 0 aliphatic heterocycles. The number of carbonyl (C=O) groups is 1. The maximum atomic E-state index is 12.6. The molecule has 1 aromatic rings. The molecular weight excluding hydrogens is 338 g/mol. The van der Waals surface area contributed by atoms with Crippen molar-refractivity contribution in [1.82, 2.24) is 9.62 Å². The highest BCUT2D eigenvalue weighted by atomic mass is 32.2. The Labute approximate surface area is 151 Å². The summed E-state index contributed by atoms with van der Waals surface area (Å²) in [6, 6.07) is 8.89. The van der Waals surface area contributed by atoms with Crippen LogP contribution in [0.15, 0.2) is 30.3 Å². The second-order valence-corrected chi connectivity index (χ2v) is 8.81. The smallest absolute Gasteiger partial charge is 0.304 e. The van der Waals surface area contributed by atoms with Crippen LogP contribution in [-0.4, -0.2) is 45.3 Å². The van der Waals surface area contributed by atoms with E-state index in [0.717, 1.165) is 34.3 Å². The van der Waals surface area contributed by atoms with E-state index in [2.05, 4.69) is 5.32 Å². The van der Waals surface area contributed by atoms with Gasteiger partial charge in [-0.3, -0.25) is 4.79 Å². The van der Waals surface area contributed by atoms with Crippen LogP contribution in [0.2, 0.25) is 0 Å². The highest BCUT2D eigenvalue weighted by Crippen LogP contribution is 2.20. The summed E-state index contributed by atoms with van der Waals surface area (Å²) < 4.78 is 27.5. The molecule has 0 bridgehead atoms. The molecule has 2 rings (SSSR count). The Bertz CT molecular complexity index is 639. The minimum atomic E-state index is -3.74. The molecule has 1 aliphatic carbocycles. The predicted molar refractivity (Wildman–Crippen MR) is 101 cm³/mol. The molecule has 1 N–H and O–H groups in total. The van der Waals surface area contributed by atoms with Gasteiger partial charge < -0.3 is 5.32 Å². The van der Waals surface area contributed by atoms with Gasteiger partial charge in [-0.05, 0) is 25.0 Å². The fraction of sp³-hybridized carbons (Fsp3) is 0.611. The Kier molecular flexibility index (Phi) is 7.25. The first-order chi connectivity index (χ1) is 11.9. The monoisotopic (exact) mass is 367 g/mol. The number of para-hydroxylation sites is 1. The van der Waals surface area contributed by atoms with E-state index >= 15 is 0 Å². The number of benzene rings is 1. The summed E-state index contributed by atoms with van der Waals surface area (Å²) in [5.41, 5.74) is 0.490. The molecule has 6 nitrogen and oxygen atoms in total. The van der Waals surface area contributed by atoms with Gasteiger partial charge in [0.2, 0.25) is 5.91 Å². The molecule has 0 atom stereocenters. The Morgan fingerprint density at radius 1 is 1.04 bits per heavy atom. The maximum Gasteiger partial charge on any atom is 0.304 e. The summed E-state index contributed by atoms with van der Waals surface area (Å²) in [7, 11) is -0.795. The molecule has 1 fully saturated rings. The number of rotatable bonds is 6. The molecule has 1 saturated carbocycles. The van der Waals surface area contributed by atoms with Gasteiger partial charge in [0.05, 0.1) is 5.69 Å². The minimum Gasteiger partial charge on any atom is -0.352 e. The summed E-state index contributed by atoms with van der Waals surface area (Å²) in [6.07, 6.45) is 7.85. The van der Waals surface area contributed by atoms with Gasteiger partial charge in [0, 0.05) is 20.1 Å². The Morgan fingerprint density at radius 2 is 1.60 bits per heavy atom. The molecule has 0 radical (unpaired) electrons. The molecule has 0 saturated heterocycles. The summed E-state index contributed by atoms with van der Waals surface area (Å²) in [5, 5.41) is 3.03. The fourth-order valence-electron chi connectivity index (χ4n) is 3.10. The maximum absolute atomic E-state index is 12.6. The lowest BCUT2D eigenvalue weighted by Crippen LogP contribution is -2.47. The van der Waals surface area contributed by atoms with Crippen molar-refractivity contribution in [2.75, 3.05) is 24.9 Å². The topological polar surface area (TPSA) is 69.7 Å². The molecule has 25 heavy (non-hydrogen) atoms. The van der Waals surface area contributed by atoms with Crippen molar-refractivity contribution < 1.29 is 13.2 Å². The zero-order chi connectivity index (χ0) is 18.3. The standard InChI is InChI=1S/C18H29N3O3S/c1-20(2)25(23,24)21(17-13-9-6-10-14-17)15-18(22)19-16-11-7-4-3-5-8-12-16/h6,9-10,13-14,16H,3-5,7-8,11-12,15H2,1-2H3,(H,19,22). The summed E-state index contributed by atoms with van der Waals surface area (Å²) in [4.78, 5) is 12.5. The number of amides is 1. The molecule has 1 aromatic carbocycles. The van der Waals surface area contributed by atoms with Crippen molar-refractivity contribution in [2.24, 2.45) is 0 Å².